The molecule has 0 saturated heterocycles. The Morgan fingerprint density at radius 3 is 2.55 bits per heavy atom. The van der Waals surface area contributed by atoms with Gasteiger partial charge in [0.2, 0.25) is 17.7 Å². The highest BCUT2D eigenvalue weighted by molar-refractivity contribution is 6.42. The number of aromatic nitrogens is 3. The Morgan fingerprint density at radius 2 is 1.88 bits per heavy atom. The predicted octanol–water partition coefficient (Wildman–Crippen LogP) is 2.36. The number of ether oxygens (including phenoxy) is 1. The van der Waals surface area contributed by atoms with Crippen molar-refractivity contribution in [1.29, 1.82) is 0 Å². The molecule has 42 heavy (non-hydrogen) atoms. The molecule has 0 aliphatic carbocycles. The third kappa shape index (κ3) is 7.56. The van der Waals surface area contributed by atoms with Gasteiger partial charge in [0, 0.05) is 37.5 Å². The van der Waals surface area contributed by atoms with Gasteiger partial charge in [-0.3, -0.25) is 9.59 Å². The Balaban J connectivity index is 1.55. The van der Waals surface area contributed by atoms with Crippen molar-refractivity contribution in [2.45, 2.75) is 31.4 Å². The molecule has 2 aromatic carbocycles. The van der Waals surface area contributed by atoms with Crippen molar-refractivity contribution in [3.63, 3.8) is 0 Å². The average Bonchev–Trinajstić information content (AvgIpc) is 3.32. The molecule has 2 aromatic heterocycles. The molecule has 4 rings (SSSR count). The monoisotopic (exact) mass is 613 g/mol. The summed E-state index contributed by atoms with van der Waals surface area (Å²) in [6.07, 6.45) is 1.31. The Morgan fingerprint density at radius 1 is 1.12 bits per heavy atom. The zero-order valence-corrected chi connectivity index (χ0v) is 23.8. The standard InChI is InChI=1S/C29H29Cl2N5O6/c30-22-9-8-20(16-23(22)31)36-29(21(10-13-37)26(34-36)19-7-4-12-35(41)17-19)42-14-11-25(38)28(40)33-24(27(32)39)15-18-5-2-1-3-6-18/h1-9,12,16-17,24-25,37-38H,10-11,13-15H2,(H2,32,39)(H,33,40)/t24-,25-/m0/s1. The van der Waals surface area contributed by atoms with E-state index in [2.05, 4.69) is 10.4 Å². The zero-order chi connectivity index (χ0) is 30.2. The number of primary amides is 1. The van der Waals surface area contributed by atoms with Gasteiger partial charge in [-0.15, -0.1) is 0 Å². The Bertz CT molecular complexity index is 1550. The van der Waals surface area contributed by atoms with E-state index < -0.39 is 24.0 Å². The highest BCUT2D eigenvalue weighted by Gasteiger charge is 2.26. The molecule has 0 spiro atoms. The van der Waals surface area contributed by atoms with Crippen molar-refractivity contribution < 1.29 is 29.3 Å². The zero-order valence-electron chi connectivity index (χ0n) is 22.3. The van der Waals surface area contributed by atoms with Crippen LogP contribution in [0.2, 0.25) is 10.0 Å². The topological polar surface area (TPSA) is 167 Å². The minimum Gasteiger partial charge on any atom is -0.619 e. The van der Waals surface area contributed by atoms with Gasteiger partial charge in [-0.25, -0.2) is 4.68 Å². The summed E-state index contributed by atoms with van der Waals surface area (Å²) >= 11 is 12.3. The molecule has 0 bridgehead atoms. The van der Waals surface area contributed by atoms with E-state index in [1.807, 2.05) is 6.07 Å². The van der Waals surface area contributed by atoms with Crippen LogP contribution in [0.25, 0.3) is 16.9 Å². The van der Waals surface area contributed by atoms with E-state index >= 15 is 0 Å². The molecule has 0 aliphatic heterocycles. The van der Waals surface area contributed by atoms with Gasteiger partial charge in [0.15, 0.2) is 12.4 Å². The Hall–Kier alpha value is -4.16. The lowest BCUT2D eigenvalue weighted by atomic mass is 10.1. The van der Waals surface area contributed by atoms with Crippen LogP contribution < -0.4 is 20.5 Å². The molecular formula is C29H29Cl2N5O6. The fourth-order valence-electron chi connectivity index (χ4n) is 4.28. The first kappa shape index (κ1) is 30.8. The number of aliphatic hydroxyl groups is 2. The van der Waals surface area contributed by atoms with Crippen LogP contribution >= 0.6 is 23.2 Å². The van der Waals surface area contributed by atoms with E-state index in [0.29, 0.717) is 32.3 Å². The normalized spacial score (nSPS) is 12.5. The average molecular weight is 614 g/mol. The number of benzene rings is 2. The van der Waals surface area contributed by atoms with Crippen molar-refractivity contribution >= 4 is 35.0 Å². The number of carbonyl (C=O) groups excluding carboxylic acids is 2. The van der Waals surface area contributed by atoms with E-state index in [9.17, 15) is 25.0 Å². The summed E-state index contributed by atoms with van der Waals surface area (Å²) in [4.78, 5) is 24.7. The quantitative estimate of drug-likeness (QED) is 0.133. The van der Waals surface area contributed by atoms with Crippen molar-refractivity contribution in [3.05, 3.63) is 99.4 Å². The number of carbonyl (C=O) groups is 2. The SMILES string of the molecule is NC(=O)[C@H](Cc1ccccc1)NC(=O)[C@@H](O)CCOc1c(CCO)c(-c2ccc[n+]([O-])c2)nn1-c1ccc(Cl)c(Cl)c1. The van der Waals surface area contributed by atoms with Crippen LogP contribution in [0.1, 0.15) is 17.5 Å². The van der Waals surface area contributed by atoms with E-state index in [0.717, 1.165) is 5.56 Å². The highest BCUT2D eigenvalue weighted by Crippen LogP contribution is 2.34. The molecule has 11 nitrogen and oxygen atoms in total. The summed E-state index contributed by atoms with van der Waals surface area (Å²) in [6.45, 7) is -0.392. The smallest absolute Gasteiger partial charge is 0.249 e. The van der Waals surface area contributed by atoms with Gasteiger partial charge in [0.1, 0.15) is 17.8 Å². The van der Waals surface area contributed by atoms with Crippen LogP contribution in [0.4, 0.5) is 0 Å². The number of aliphatic hydroxyl groups excluding tert-OH is 2. The lowest BCUT2D eigenvalue weighted by molar-refractivity contribution is -0.604. The number of halogens is 2. The molecule has 220 valence electrons. The second-order valence-corrected chi connectivity index (χ2v) is 10.2. The number of amides is 2. The number of nitrogens with zero attached hydrogens (tertiary/aromatic N) is 3. The second kappa shape index (κ2) is 14.1. The molecule has 0 aliphatic rings. The van der Waals surface area contributed by atoms with Gasteiger partial charge >= 0.3 is 0 Å². The molecule has 2 amide bonds. The fraction of sp³-hybridized carbons (Fsp3) is 0.241. The summed E-state index contributed by atoms with van der Waals surface area (Å²) in [7, 11) is 0. The number of nitrogens with one attached hydrogen (secondary N) is 1. The predicted molar refractivity (Wildman–Crippen MR) is 156 cm³/mol. The van der Waals surface area contributed by atoms with E-state index in [1.165, 1.54) is 17.1 Å². The molecule has 0 radical (unpaired) electrons. The number of hydrogen-bond donors (Lipinski definition) is 4. The van der Waals surface area contributed by atoms with E-state index in [1.54, 1.807) is 54.6 Å². The van der Waals surface area contributed by atoms with Crippen LogP contribution in [0, 0.1) is 5.21 Å². The summed E-state index contributed by atoms with van der Waals surface area (Å²) in [5.41, 5.74) is 8.12. The van der Waals surface area contributed by atoms with Crippen molar-refractivity contribution in [3.8, 4) is 22.8 Å². The fourth-order valence-corrected chi connectivity index (χ4v) is 4.57. The van der Waals surface area contributed by atoms with Gasteiger partial charge < -0.3 is 31.2 Å². The van der Waals surface area contributed by atoms with Crippen molar-refractivity contribution in [2.75, 3.05) is 13.2 Å². The van der Waals surface area contributed by atoms with Crippen LogP contribution in [0.15, 0.2) is 73.1 Å². The van der Waals surface area contributed by atoms with Crippen LogP contribution in [-0.2, 0) is 22.4 Å². The largest absolute Gasteiger partial charge is 0.619 e. The number of rotatable bonds is 13. The minimum absolute atomic E-state index is 0.128. The molecular weight excluding hydrogens is 585 g/mol. The number of pyridine rings is 1. The van der Waals surface area contributed by atoms with Gasteiger partial charge in [-0.1, -0.05) is 53.5 Å². The van der Waals surface area contributed by atoms with Crippen molar-refractivity contribution in [2.24, 2.45) is 5.73 Å². The van der Waals surface area contributed by atoms with Crippen LogP contribution in [-0.4, -0.2) is 57.2 Å². The Kier molecular flexibility index (Phi) is 10.4. The number of hydrogen-bond acceptors (Lipinski definition) is 7. The van der Waals surface area contributed by atoms with Gasteiger partial charge in [-0.2, -0.15) is 9.83 Å². The maximum Gasteiger partial charge on any atom is 0.249 e. The molecule has 4 aromatic rings. The molecule has 13 heteroatoms. The molecule has 2 atom stereocenters. The first-order valence-corrected chi connectivity index (χ1v) is 13.8. The van der Waals surface area contributed by atoms with E-state index in [4.69, 9.17) is 33.7 Å². The van der Waals surface area contributed by atoms with Crippen LogP contribution in [0.3, 0.4) is 0 Å². The molecule has 5 N–H and O–H groups in total. The molecule has 0 unspecified atom stereocenters. The molecule has 2 heterocycles. The first-order valence-electron chi connectivity index (χ1n) is 13.0. The lowest BCUT2D eigenvalue weighted by Gasteiger charge is -2.18. The summed E-state index contributed by atoms with van der Waals surface area (Å²) in [5.74, 6) is -1.30. The lowest BCUT2D eigenvalue weighted by Crippen LogP contribution is -2.49. The third-order valence-corrected chi connectivity index (χ3v) is 7.11. The maximum absolute atomic E-state index is 12.7. The summed E-state index contributed by atoms with van der Waals surface area (Å²) < 4.78 is 8.12. The van der Waals surface area contributed by atoms with Gasteiger partial charge in [-0.05, 0) is 29.8 Å². The van der Waals surface area contributed by atoms with Gasteiger partial charge in [0.05, 0.1) is 27.9 Å². The molecule has 0 fully saturated rings. The summed E-state index contributed by atoms with van der Waals surface area (Å²) in [6, 6.07) is 16.1. The van der Waals surface area contributed by atoms with Crippen molar-refractivity contribution in [1.82, 2.24) is 15.1 Å². The number of nitrogens with two attached hydrogens (primary N) is 1. The highest BCUT2D eigenvalue weighted by atomic mass is 35.5. The second-order valence-electron chi connectivity index (χ2n) is 9.37. The minimum atomic E-state index is -1.52. The molecule has 0 saturated carbocycles. The maximum atomic E-state index is 12.7. The summed E-state index contributed by atoms with van der Waals surface area (Å²) in [5, 5.41) is 40.1. The van der Waals surface area contributed by atoms with Gasteiger partial charge in [0.25, 0.3) is 0 Å². The Labute approximate surface area is 251 Å². The third-order valence-electron chi connectivity index (χ3n) is 6.37. The first-order chi connectivity index (χ1) is 20.2. The van der Waals surface area contributed by atoms with E-state index in [-0.39, 0.29) is 43.4 Å². The van der Waals surface area contributed by atoms with Crippen LogP contribution in [0.5, 0.6) is 5.88 Å².